The molecule has 0 atom stereocenters. The van der Waals surface area contributed by atoms with Crippen molar-refractivity contribution in [2.75, 3.05) is 6.54 Å². The van der Waals surface area contributed by atoms with Crippen LogP contribution in [0.15, 0.2) is 40.0 Å². The highest BCUT2D eigenvalue weighted by atomic mass is 35.5. The van der Waals surface area contributed by atoms with Crippen LogP contribution in [0, 0.1) is 6.92 Å². The van der Waals surface area contributed by atoms with Gasteiger partial charge in [-0.3, -0.25) is 4.79 Å². The minimum atomic E-state index is -3.82. The van der Waals surface area contributed by atoms with E-state index in [4.69, 9.17) is 23.2 Å². The largest absolute Gasteiger partial charge is 0.268 e. The smallest absolute Gasteiger partial charge is 0.266 e. The Morgan fingerprint density at radius 2 is 1.95 bits per heavy atom. The van der Waals surface area contributed by atoms with Gasteiger partial charge >= 0.3 is 0 Å². The highest BCUT2D eigenvalue weighted by molar-refractivity contribution is 7.89. The van der Waals surface area contributed by atoms with Crippen molar-refractivity contribution >= 4 is 33.2 Å². The maximum atomic E-state index is 12.2. The van der Waals surface area contributed by atoms with E-state index in [-0.39, 0.29) is 33.6 Å². The summed E-state index contributed by atoms with van der Waals surface area (Å²) in [4.78, 5) is 11.5. The predicted molar refractivity (Wildman–Crippen MR) is 84.9 cm³/mol. The van der Waals surface area contributed by atoms with Crippen LogP contribution < -0.4 is 10.3 Å². The number of sulfonamides is 1. The van der Waals surface area contributed by atoms with Crippen molar-refractivity contribution in [1.29, 1.82) is 0 Å². The molecule has 22 heavy (non-hydrogen) atoms. The summed E-state index contributed by atoms with van der Waals surface area (Å²) >= 11 is 11.7. The van der Waals surface area contributed by atoms with Crippen LogP contribution in [0.2, 0.25) is 10.0 Å². The van der Waals surface area contributed by atoms with Crippen LogP contribution in [0.4, 0.5) is 0 Å². The Labute approximate surface area is 137 Å². The van der Waals surface area contributed by atoms with E-state index in [2.05, 4.69) is 9.82 Å². The normalized spacial score (nSPS) is 11.6. The molecule has 0 aliphatic rings. The van der Waals surface area contributed by atoms with Gasteiger partial charge in [-0.05, 0) is 25.1 Å². The van der Waals surface area contributed by atoms with Crippen molar-refractivity contribution in [1.82, 2.24) is 14.5 Å². The zero-order chi connectivity index (χ0) is 16.3. The average molecular weight is 362 g/mol. The van der Waals surface area contributed by atoms with Gasteiger partial charge in [-0.25, -0.2) is 17.8 Å². The monoisotopic (exact) mass is 361 g/mol. The second kappa shape index (κ2) is 6.78. The summed E-state index contributed by atoms with van der Waals surface area (Å²) < 4.78 is 27.9. The Morgan fingerprint density at radius 3 is 2.68 bits per heavy atom. The predicted octanol–water partition coefficient (Wildman–Crippen LogP) is 1.84. The average Bonchev–Trinajstić information content (AvgIpc) is 2.45. The Hall–Kier alpha value is -1.41. The first kappa shape index (κ1) is 17.0. The standard InChI is InChI=1S/C13H13Cl2N3O3S/c1-9-5-6-12(19)18(17-9)8-7-16-22(20,21)11-4-2-3-10(14)13(11)15/h2-6,16H,7-8H2,1H3. The third-order valence-corrected chi connectivity index (χ3v) is 5.26. The quantitative estimate of drug-likeness (QED) is 0.880. The van der Waals surface area contributed by atoms with E-state index in [1.807, 2.05) is 0 Å². The van der Waals surface area contributed by atoms with Crippen LogP contribution in [0.25, 0.3) is 0 Å². The minimum absolute atomic E-state index is 0.00152. The van der Waals surface area contributed by atoms with Crippen LogP contribution in [-0.2, 0) is 16.6 Å². The lowest BCUT2D eigenvalue weighted by atomic mass is 10.4. The number of halogens is 2. The summed E-state index contributed by atoms with van der Waals surface area (Å²) in [6.07, 6.45) is 0. The van der Waals surface area contributed by atoms with Gasteiger partial charge in [-0.1, -0.05) is 29.3 Å². The molecule has 0 aliphatic heterocycles. The molecule has 0 unspecified atom stereocenters. The summed E-state index contributed by atoms with van der Waals surface area (Å²) in [5, 5.41) is 4.13. The number of nitrogens with one attached hydrogen (secondary N) is 1. The molecule has 1 N–H and O–H groups in total. The number of rotatable bonds is 5. The Kier molecular flexibility index (Phi) is 5.23. The Balaban J connectivity index is 2.12. The molecule has 0 saturated heterocycles. The lowest BCUT2D eigenvalue weighted by Crippen LogP contribution is -2.32. The summed E-state index contributed by atoms with van der Waals surface area (Å²) in [5.41, 5.74) is 0.367. The van der Waals surface area contributed by atoms with Gasteiger partial charge in [-0.2, -0.15) is 5.10 Å². The highest BCUT2D eigenvalue weighted by Gasteiger charge is 2.18. The molecule has 0 saturated carbocycles. The number of nitrogens with zero attached hydrogens (tertiary/aromatic N) is 2. The molecule has 0 radical (unpaired) electrons. The molecule has 6 nitrogen and oxygen atoms in total. The second-order valence-corrected chi connectivity index (χ2v) is 7.01. The van der Waals surface area contributed by atoms with Gasteiger partial charge in [0.05, 0.1) is 22.3 Å². The van der Waals surface area contributed by atoms with E-state index in [1.54, 1.807) is 13.0 Å². The molecule has 1 heterocycles. The fourth-order valence-electron chi connectivity index (χ4n) is 1.77. The fourth-order valence-corrected chi connectivity index (χ4v) is 3.55. The van der Waals surface area contributed by atoms with Gasteiger partial charge in [0.2, 0.25) is 10.0 Å². The van der Waals surface area contributed by atoms with Crippen molar-refractivity contribution in [2.45, 2.75) is 18.4 Å². The third-order valence-electron chi connectivity index (χ3n) is 2.82. The van der Waals surface area contributed by atoms with Crippen LogP contribution in [-0.4, -0.2) is 24.7 Å². The molecular weight excluding hydrogens is 349 g/mol. The summed E-state index contributed by atoms with van der Waals surface area (Å²) in [7, 11) is -3.82. The first-order valence-electron chi connectivity index (χ1n) is 6.30. The molecule has 1 aromatic heterocycles. The van der Waals surface area contributed by atoms with Gasteiger partial charge in [0, 0.05) is 12.6 Å². The highest BCUT2D eigenvalue weighted by Crippen LogP contribution is 2.28. The van der Waals surface area contributed by atoms with E-state index >= 15 is 0 Å². The van der Waals surface area contributed by atoms with Crippen molar-refractivity contribution in [3.05, 3.63) is 56.4 Å². The van der Waals surface area contributed by atoms with Crippen LogP contribution in [0.1, 0.15) is 5.69 Å². The van der Waals surface area contributed by atoms with Gasteiger partial charge in [0.25, 0.3) is 5.56 Å². The summed E-state index contributed by atoms with van der Waals surface area (Å²) in [6, 6.07) is 7.32. The Morgan fingerprint density at radius 1 is 1.23 bits per heavy atom. The molecule has 9 heteroatoms. The number of hydrogen-bond donors (Lipinski definition) is 1. The first-order chi connectivity index (χ1) is 10.3. The van der Waals surface area contributed by atoms with E-state index in [9.17, 15) is 13.2 Å². The molecule has 1 aromatic carbocycles. The fraction of sp³-hybridized carbons (Fsp3) is 0.231. The van der Waals surface area contributed by atoms with Crippen molar-refractivity contribution in [3.63, 3.8) is 0 Å². The molecule has 0 bridgehead atoms. The SMILES string of the molecule is Cc1ccc(=O)n(CCNS(=O)(=O)c2cccc(Cl)c2Cl)n1. The third kappa shape index (κ3) is 3.86. The van der Waals surface area contributed by atoms with Crippen LogP contribution in [0.3, 0.4) is 0 Å². The van der Waals surface area contributed by atoms with E-state index in [0.717, 1.165) is 0 Å². The molecule has 118 valence electrons. The summed E-state index contributed by atoms with van der Waals surface area (Å²) in [6.45, 7) is 1.85. The number of aryl methyl sites for hydroxylation is 1. The maximum Gasteiger partial charge on any atom is 0.266 e. The van der Waals surface area contributed by atoms with E-state index in [1.165, 1.54) is 28.9 Å². The molecule has 0 aliphatic carbocycles. The zero-order valence-corrected chi connectivity index (χ0v) is 13.9. The van der Waals surface area contributed by atoms with Gasteiger partial charge in [0.1, 0.15) is 4.90 Å². The van der Waals surface area contributed by atoms with E-state index < -0.39 is 10.0 Å². The number of aromatic nitrogens is 2. The maximum absolute atomic E-state index is 12.2. The van der Waals surface area contributed by atoms with Gasteiger partial charge < -0.3 is 0 Å². The molecule has 0 spiro atoms. The molecule has 0 amide bonds. The zero-order valence-electron chi connectivity index (χ0n) is 11.6. The molecular formula is C13H13Cl2N3O3S. The number of hydrogen-bond acceptors (Lipinski definition) is 4. The van der Waals surface area contributed by atoms with E-state index in [0.29, 0.717) is 5.69 Å². The molecule has 2 aromatic rings. The lowest BCUT2D eigenvalue weighted by Gasteiger charge is -2.10. The van der Waals surface area contributed by atoms with Crippen molar-refractivity contribution in [2.24, 2.45) is 0 Å². The van der Waals surface area contributed by atoms with Crippen molar-refractivity contribution in [3.8, 4) is 0 Å². The summed E-state index contributed by atoms with van der Waals surface area (Å²) in [5.74, 6) is 0. The first-order valence-corrected chi connectivity index (χ1v) is 8.53. The topological polar surface area (TPSA) is 81.1 Å². The van der Waals surface area contributed by atoms with Crippen LogP contribution in [0.5, 0.6) is 0 Å². The van der Waals surface area contributed by atoms with Crippen LogP contribution >= 0.6 is 23.2 Å². The van der Waals surface area contributed by atoms with Gasteiger partial charge in [0.15, 0.2) is 0 Å². The minimum Gasteiger partial charge on any atom is -0.268 e. The molecule has 0 fully saturated rings. The lowest BCUT2D eigenvalue weighted by molar-refractivity contribution is 0.544. The Bertz CT molecular complexity index is 850. The van der Waals surface area contributed by atoms with Gasteiger partial charge in [-0.15, -0.1) is 0 Å². The van der Waals surface area contributed by atoms with Crippen molar-refractivity contribution < 1.29 is 8.42 Å². The number of benzene rings is 1. The molecule has 2 rings (SSSR count). The second-order valence-electron chi connectivity index (χ2n) is 4.49.